The number of hydrogen-bond donors (Lipinski definition) is 1. The van der Waals surface area contributed by atoms with E-state index in [9.17, 15) is 19.5 Å². The van der Waals surface area contributed by atoms with Crippen molar-refractivity contribution in [3.63, 3.8) is 0 Å². The molecule has 1 spiro atoms. The molecule has 1 unspecified atom stereocenters. The van der Waals surface area contributed by atoms with Crippen molar-refractivity contribution >= 4 is 35.0 Å². The smallest absolute Gasteiger partial charge is 0.253 e. The molecular formula is C31H32ClN3O5. The number of nitrogens with zero attached hydrogens (tertiary/aromatic N) is 3. The first-order valence-electron chi connectivity index (χ1n) is 13.8. The van der Waals surface area contributed by atoms with Gasteiger partial charge in [0, 0.05) is 32.8 Å². The van der Waals surface area contributed by atoms with Crippen molar-refractivity contribution in [1.29, 1.82) is 0 Å². The van der Waals surface area contributed by atoms with Gasteiger partial charge in [0.05, 0.1) is 28.6 Å². The number of amides is 3. The summed E-state index contributed by atoms with van der Waals surface area (Å²) in [6, 6.07) is 15.9. The molecule has 2 fully saturated rings. The van der Waals surface area contributed by atoms with Crippen molar-refractivity contribution in [1.82, 2.24) is 9.80 Å². The minimum absolute atomic E-state index is 0.0141. The van der Waals surface area contributed by atoms with Crippen LogP contribution in [0.15, 0.2) is 78.9 Å². The average Bonchev–Trinajstić information content (AvgIpc) is 3.27. The highest BCUT2D eigenvalue weighted by molar-refractivity contribution is 6.34. The zero-order valence-corrected chi connectivity index (χ0v) is 22.8. The number of unbranched alkanes of at least 4 members (excludes halogenated alkanes) is 1. The molecule has 8 nitrogen and oxygen atoms in total. The lowest BCUT2D eigenvalue weighted by atomic mass is 9.77. The third kappa shape index (κ3) is 4.35. The largest absolute Gasteiger partial charge is 0.396 e. The molecule has 5 atom stereocenters. The van der Waals surface area contributed by atoms with Gasteiger partial charge < -0.3 is 24.5 Å². The zero-order valence-electron chi connectivity index (χ0n) is 22.1. The minimum atomic E-state index is -1.30. The van der Waals surface area contributed by atoms with Crippen molar-refractivity contribution < 1.29 is 24.2 Å². The Kier molecular flexibility index (Phi) is 7.25. The Morgan fingerprint density at radius 1 is 0.925 bits per heavy atom. The number of likely N-dealkylation sites (tertiary alicyclic amines) is 1. The van der Waals surface area contributed by atoms with Gasteiger partial charge in [-0.3, -0.25) is 14.4 Å². The fourth-order valence-corrected chi connectivity index (χ4v) is 6.89. The van der Waals surface area contributed by atoms with Crippen molar-refractivity contribution in [3.8, 4) is 0 Å². The summed E-state index contributed by atoms with van der Waals surface area (Å²) in [5, 5.41) is 9.83. The fourth-order valence-electron chi connectivity index (χ4n) is 6.66. The number of anilines is 1. The van der Waals surface area contributed by atoms with Gasteiger partial charge in [0.1, 0.15) is 11.6 Å². The summed E-state index contributed by atoms with van der Waals surface area (Å²) < 4.78 is 6.69. The Hall–Kier alpha value is -3.46. The molecule has 4 aliphatic heterocycles. The van der Waals surface area contributed by atoms with E-state index >= 15 is 0 Å². The molecule has 2 aromatic carbocycles. The van der Waals surface area contributed by atoms with E-state index in [0.29, 0.717) is 36.6 Å². The molecule has 9 heteroatoms. The molecule has 0 aromatic heterocycles. The molecule has 2 saturated heterocycles. The standard InChI is InChI=1S/C31H32ClN3O5/c32-22-12-4-5-13-23(22)34-18-9-15-31-26(29(38)35(17-6-7-19-36)27(31)30(34)39)25-24(40-31)14-8-16-33(28(25)37)20-21-10-2-1-3-11-21/h1-5,8-15,24-27,36H,6-7,16-20H2/t24-,25+,26-,27?,31-/m0/s1. The van der Waals surface area contributed by atoms with Gasteiger partial charge in [-0.15, -0.1) is 0 Å². The first-order chi connectivity index (χ1) is 19.5. The number of carbonyl (C=O) groups excluding carboxylic acids is 3. The van der Waals surface area contributed by atoms with E-state index in [4.69, 9.17) is 16.3 Å². The van der Waals surface area contributed by atoms with Crippen LogP contribution in [-0.4, -0.2) is 76.6 Å². The third-order valence-corrected chi connectivity index (χ3v) is 8.73. The molecule has 3 amide bonds. The number of halogens is 1. The minimum Gasteiger partial charge on any atom is -0.396 e. The summed E-state index contributed by atoms with van der Waals surface area (Å²) >= 11 is 6.50. The quantitative estimate of drug-likeness (QED) is 0.414. The highest BCUT2D eigenvalue weighted by atomic mass is 35.5. The molecule has 4 aliphatic rings. The summed E-state index contributed by atoms with van der Waals surface area (Å²) in [6.45, 7) is 1.35. The molecule has 2 aromatic rings. The molecule has 0 radical (unpaired) electrons. The second-order valence-corrected chi connectivity index (χ2v) is 11.1. The SMILES string of the molecule is O=C1[C@@H]2[C@H](C=CCN1Cc1ccccc1)O[C@]13C=CCN(c4ccccc4Cl)C(=O)C1N(CCCCO)C(=O)[C@H]23. The van der Waals surface area contributed by atoms with E-state index in [-0.39, 0.29) is 37.4 Å². The van der Waals surface area contributed by atoms with E-state index in [1.165, 1.54) is 0 Å². The second-order valence-electron chi connectivity index (χ2n) is 10.7. The number of hydrogen-bond acceptors (Lipinski definition) is 5. The van der Waals surface area contributed by atoms with Crippen LogP contribution in [0.2, 0.25) is 5.02 Å². The van der Waals surface area contributed by atoms with Gasteiger partial charge in [-0.25, -0.2) is 0 Å². The van der Waals surface area contributed by atoms with Gasteiger partial charge >= 0.3 is 0 Å². The predicted octanol–water partition coefficient (Wildman–Crippen LogP) is 3.19. The second kappa shape index (κ2) is 10.8. The van der Waals surface area contributed by atoms with Gasteiger partial charge in [0.25, 0.3) is 5.91 Å². The molecule has 0 bridgehead atoms. The van der Waals surface area contributed by atoms with Crippen LogP contribution in [0.25, 0.3) is 0 Å². The summed E-state index contributed by atoms with van der Waals surface area (Å²) in [5.41, 5.74) is 0.255. The van der Waals surface area contributed by atoms with Gasteiger partial charge in [0.2, 0.25) is 11.8 Å². The molecule has 0 saturated carbocycles. The number of para-hydroxylation sites is 1. The van der Waals surface area contributed by atoms with E-state index in [0.717, 1.165) is 5.56 Å². The third-order valence-electron chi connectivity index (χ3n) is 8.41. The molecule has 208 valence electrons. The Labute approximate surface area is 238 Å². The predicted molar refractivity (Wildman–Crippen MR) is 150 cm³/mol. The summed E-state index contributed by atoms with van der Waals surface area (Å²) in [5.74, 6) is -2.33. The number of aliphatic hydroxyl groups is 1. The van der Waals surface area contributed by atoms with Gasteiger partial charge in [0.15, 0.2) is 0 Å². The lowest BCUT2D eigenvalue weighted by molar-refractivity contribution is -0.144. The van der Waals surface area contributed by atoms with Crippen LogP contribution in [0.1, 0.15) is 18.4 Å². The Morgan fingerprint density at radius 3 is 2.48 bits per heavy atom. The summed E-state index contributed by atoms with van der Waals surface area (Å²) in [7, 11) is 0. The van der Waals surface area contributed by atoms with Crippen molar-refractivity contribution in [2.45, 2.75) is 37.1 Å². The number of carbonyl (C=O) groups is 3. The Bertz CT molecular complexity index is 1360. The number of aliphatic hydroxyl groups excluding tert-OH is 1. The number of ether oxygens (including phenoxy) is 1. The van der Waals surface area contributed by atoms with Crippen LogP contribution < -0.4 is 4.90 Å². The van der Waals surface area contributed by atoms with Gasteiger partial charge in [-0.2, -0.15) is 0 Å². The van der Waals surface area contributed by atoms with Crippen LogP contribution >= 0.6 is 11.6 Å². The fraction of sp³-hybridized carbons (Fsp3) is 0.387. The van der Waals surface area contributed by atoms with Crippen LogP contribution in [-0.2, 0) is 25.7 Å². The van der Waals surface area contributed by atoms with Gasteiger partial charge in [-0.1, -0.05) is 78.4 Å². The highest BCUT2D eigenvalue weighted by Crippen LogP contribution is 2.53. The maximum absolute atomic E-state index is 14.4. The van der Waals surface area contributed by atoms with E-state index in [1.807, 2.05) is 60.7 Å². The monoisotopic (exact) mass is 561 g/mol. The number of rotatable bonds is 7. The maximum atomic E-state index is 14.4. The average molecular weight is 562 g/mol. The normalized spacial score (nSPS) is 29.4. The van der Waals surface area contributed by atoms with Crippen molar-refractivity contribution in [2.75, 3.05) is 31.1 Å². The van der Waals surface area contributed by atoms with Crippen molar-refractivity contribution in [2.24, 2.45) is 11.8 Å². The van der Waals surface area contributed by atoms with E-state index in [1.54, 1.807) is 32.9 Å². The summed E-state index contributed by atoms with van der Waals surface area (Å²) in [6.07, 6.45) is 7.85. The number of fused-ring (bicyclic) bond motifs is 2. The molecule has 4 heterocycles. The Balaban J connectivity index is 1.39. The summed E-state index contributed by atoms with van der Waals surface area (Å²) in [4.78, 5) is 47.6. The van der Waals surface area contributed by atoms with Crippen LogP contribution in [0.4, 0.5) is 5.69 Å². The first-order valence-corrected chi connectivity index (χ1v) is 14.2. The molecular weight excluding hydrogens is 530 g/mol. The molecule has 1 N–H and O–H groups in total. The molecule has 0 aliphatic carbocycles. The molecule has 40 heavy (non-hydrogen) atoms. The topological polar surface area (TPSA) is 90.4 Å². The first kappa shape index (κ1) is 26.7. The van der Waals surface area contributed by atoms with Crippen LogP contribution in [0.5, 0.6) is 0 Å². The maximum Gasteiger partial charge on any atom is 0.253 e. The van der Waals surface area contributed by atoms with E-state index < -0.39 is 29.6 Å². The zero-order chi connectivity index (χ0) is 27.9. The van der Waals surface area contributed by atoms with Gasteiger partial charge in [-0.05, 0) is 30.5 Å². The lowest BCUT2D eigenvalue weighted by Crippen LogP contribution is -2.55. The number of benzene rings is 2. The molecule has 6 rings (SSSR count). The van der Waals surface area contributed by atoms with Crippen LogP contribution in [0.3, 0.4) is 0 Å². The van der Waals surface area contributed by atoms with Crippen molar-refractivity contribution in [3.05, 3.63) is 89.5 Å². The van der Waals surface area contributed by atoms with E-state index in [2.05, 4.69) is 0 Å². The Morgan fingerprint density at radius 2 is 1.70 bits per heavy atom. The lowest BCUT2D eigenvalue weighted by Gasteiger charge is -2.35. The van der Waals surface area contributed by atoms with Crippen LogP contribution in [0, 0.1) is 11.8 Å². The highest BCUT2D eigenvalue weighted by Gasteiger charge is 2.71.